The average Bonchev–Trinajstić information content (AvgIpc) is 3.06. The van der Waals surface area contributed by atoms with Crippen LogP contribution in [0.2, 0.25) is 5.02 Å². The summed E-state index contributed by atoms with van der Waals surface area (Å²) in [5, 5.41) is 23.5. The molecule has 2 aromatic carbocycles. The van der Waals surface area contributed by atoms with Gasteiger partial charge in [-0.15, -0.1) is 0 Å². The van der Waals surface area contributed by atoms with Gasteiger partial charge in [0.15, 0.2) is 0 Å². The summed E-state index contributed by atoms with van der Waals surface area (Å²) in [5.74, 6) is -1.26. The standard InChI is InChI=1S/C23H25ClN2O4/c1-13-5-10-18-16(20(13)24)11-19(26(18)4)21(28)25-17(12-27)14-6-8-15(9-7-14)23(2,3)22(29)30/h5-11,17,27H,12H2,1-4H3,(H,25,28)(H,29,30)/t17-/m1/s1. The van der Waals surface area contributed by atoms with Crippen LogP contribution in [0.3, 0.4) is 0 Å². The Labute approximate surface area is 180 Å². The van der Waals surface area contributed by atoms with Crippen LogP contribution < -0.4 is 5.32 Å². The number of amides is 1. The molecule has 3 N–H and O–H groups in total. The largest absolute Gasteiger partial charge is 0.481 e. The fourth-order valence-corrected chi connectivity index (χ4v) is 3.64. The lowest BCUT2D eigenvalue weighted by Crippen LogP contribution is -2.32. The molecule has 0 saturated carbocycles. The summed E-state index contributed by atoms with van der Waals surface area (Å²) >= 11 is 6.39. The number of carbonyl (C=O) groups is 2. The van der Waals surface area contributed by atoms with E-state index in [9.17, 15) is 19.8 Å². The highest BCUT2D eigenvalue weighted by molar-refractivity contribution is 6.36. The number of hydrogen-bond donors (Lipinski definition) is 3. The van der Waals surface area contributed by atoms with E-state index in [4.69, 9.17) is 11.6 Å². The molecule has 0 spiro atoms. The van der Waals surface area contributed by atoms with E-state index in [0.717, 1.165) is 16.5 Å². The first-order valence-electron chi connectivity index (χ1n) is 9.58. The van der Waals surface area contributed by atoms with Crippen LogP contribution in [-0.2, 0) is 17.3 Å². The quantitative estimate of drug-likeness (QED) is 0.554. The van der Waals surface area contributed by atoms with Crippen molar-refractivity contribution in [3.05, 3.63) is 69.9 Å². The number of carbonyl (C=O) groups excluding carboxylic acids is 1. The van der Waals surface area contributed by atoms with Gasteiger partial charge in [-0.2, -0.15) is 0 Å². The topological polar surface area (TPSA) is 91.6 Å². The number of rotatable bonds is 6. The first-order valence-corrected chi connectivity index (χ1v) is 9.95. The van der Waals surface area contributed by atoms with Crippen LogP contribution in [0.1, 0.15) is 47.1 Å². The average molecular weight is 429 g/mol. The molecule has 0 saturated heterocycles. The molecule has 30 heavy (non-hydrogen) atoms. The minimum Gasteiger partial charge on any atom is -0.481 e. The Morgan fingerprint density at radius 1 is 1.17 bits per heavy atom. The molecule has 1 atom stereocenters. The molecule has 3 aromatic rings. The van der Waals surface area contributed by atoms with E-state index in [-0.39, 0.29) is 12.5 Å². The Hall–Kier alpha value is -2.83. The lowest BCUT2D eigenvalue weighted by molar-refractivity contribution is -0.142. The van der Waals surface area contributed by atoms with Crippen molar-refractivity contribution in [2.45, 2.75) is 32.2 Å². The highest BCUT2D eigenvalue weighted by Crippen LogP contribution is 2.30. The molecular formula is C23H25ClN2O4. The van der Waals surface area contributed by atoms with Crippen LogP contribution >= 0.6 is 11.6 Å². The first kappa shape index (κ1) is 21.9. The number of nitrogens with zero attached hydrogens (tertiary/aromatic N) is 1. The second-order valence-corrected chi connectivity index (χ2v) is 8.36. The number of carboxylic acid groups (broad SMARTS) is 1. The van der Waals surface area contributed by atoms with E-state index >= 15 is 0 Å². The number of hydrogen-bond acceptors (Lipinski definition) is 3. The van der Waals surface area contributed by atoms with E-state index in [1.54, 1.807) is 55.8 Å². The summed E-state index contributed by atoms with van der Waals surface area (Å²) in [6.07, 6.45) is 0. The molecular weight excluding hydrogens is 404 g/mol. The predicted octanol–water partition coefficient (Wildman–Crippen LogP) is 3.97. The van der Waals surface area contributed by atoms with Crippen molar-refractivity contribution in [2.24, 2.45) is 7.05 Å². The number of aromatic nitrogens is 1. The van der Waals surface area contributed by atoms with Gasteiger partial charge in [-0.05, 0) is 49.6 Å². The van der Waals surface area contributed by atoms with Crippen LogP contribution in [0.15, 0.2) is 42.5 Å². The van der Waals surface area contributed by atoms with Gasteiger partial charge in [-0.1, -0.05) is 41.9 Å². The van der Waals surface area contributed by atoms with Gasteiger partial charge in [-0.25, -0.2) is 0 Å². The van der Waals surface area contributed by atoms with Gasteiger partial charge in [0.2, 0.25) is 0 Å². The maximum Gasteiger partial charge on any atom is 0.313 e. The first-order chi connectivity index (χ1) is 14.1. The maximum atomic E-state index is 12.9. The molecule has 0 radical (unpaired) electrons. The zero-order valence-corrected chi connectivity index (χ0v) is 18.1. The molecule has 0 unspecified atom stereocenters. The molecule has 6 nitrogen and oxygen atoms in total. The van der Waals surface area contributed by atoms with Gasteiger partial charge in [-0.3, -0.25) is 9.59 Å². The van der Waals surface area contributed by atoms with E-state index in [2.05, 4.69) is 5.32 Å². The van der Waals surface area contributed by atoms with Crippen molar-refractivity contribution in [2.75, 3.05) is 6.61 Å². The van der Waals surface area contributed by atoms with Crippen LogP contribution in [0.4, 0.5) is 0 Å². The normalized spacial score (nSPS) is 12.7. The highest BCUT2D eigenvalue weighted by Gasteiger charge is 2.29. The van der Waals surface area contributed by atoms with Crippen molar-refractivity contribution in [3.63, 3.8) is 0 Å². The minimum absolute atomic E-state index is 0.294. The zero-order chi connectivity index (χ0) is 22.2. The van der Waals surface area contributed by atoms with Crippen LogP contribution in [0.25, 0.3) is 10.9 Å². The monoisotopic (exact) mass is 428 g/mol. The molecule has 0 fully saturated rings. The number of nitrogens with one attached hydrogen (secondary N) is 1. The Bertz CT molecular complexity index is 1120. The van der Waals surface area contributed by atoms with Crippen molar-refractivity contribution < 1.29 is 19.8 Å². The summed E-state index contributed by atoms with van der Waals surface area (Å²) < 4.78 is 1.77. The van der Waals surface area contributed by atoms with E-state index in [1.807, 2.05) is 19.1 Å². The predicted molar refractivity (Wildman–Crippen MR) is 117 cm³/mol. The Kier molecular flexibility index (Phi) is 5.92. The third-order valence-corrected chi connectivity index (χ3v) is 6.15. The maximum absolute atomic E-state index is 12.9. The van der Waals surface area contributed by atoms with Crippen molar-refractivity contribution in [3.8, 4) is 0 Å². The van der Waals surface area contributed by atoms with Crippen LogP contribution in [0.5, 0.6) is 0 Å². The van der Waals surface area contributed by atoms with Crippen molar-refractivity contribution >= 4 is 34.4 Å². The Morgan fingerprint density at radius 3 is 2.37 bits per heavy atom. The van der Waals surface area contributed by atoms with Crippen molar-refractivity contribution in [1.29, 1.82) is 0 Å². The number of fused-ring (bicyclic) bond motifs is 1. The molecule has 7 heteroatoms. The van der Waals surface area contributed by atoms with E-state index in [0.29, 0.717) is 21.8 Å². The Balaban J connectivity index is 1.87. The fourth-order valence-electron chi connectivity index (χ4n) is 3.42. The summed E-state index contributed by atoms with van der Waals surface area (Å²) in [6, 6.07) is 11.8. The van der Waals surface area contributed by atoms with Gasteiger partial charge in [0, 0.05) is 18.0 Å². The molecule has 1 amide bonds. The lowest BCUT2D eigenvalue weighted by atomic mass is 9.84. The highest BCUT2D eigenvalue weighted by atomic mass is 35.5. The molecule has 0 aliphatic carbocycles. The molecule has 0 aliphatic rings. The second-order valence-electron chi connectivity index (χ2n) is 7.98. The number of aliphatic carboxylic acids is 1. The van der Waals surface area contributed by atoms with Crippen LogP contribution in [0, 0.1) is 6.92 Å². The zero-order valence-electron chi connectivity index (χ0n) is 17.4. The number of aryl methyl sites for hydroxylation is 2. The molecule has 1 aromatic heterocycles. The number of aliphatic hydroxyl groups is 1. The van der Waals surface area contributed by atoms with E-state index in [1.165, 1.54) is 0 Å². The summed E-state index contributed by atoms with van der Waals surface area (Å²) in [6.45, 7) is 4.87. The van der Waals surface area contributed by atoms with E-state index < -0.39 is 17.4 Å². The van der Waals surface area contributed by atoms with Crippen LogP contribution in [-0.4, -0.2) is 33.3 Å². The third-order valence-electron chi connectivity index (χ3n) is 5.64. The summed E-state index contributed by atoms with van der Waals surface area (Å²) in [7, 11) is 1.79. The van der Waals surface area contributed by atoms with Gasteiger partial charge < -0.3 is 20.1 Å². The lowest BCUT2D eigenvalue weighted by Gasteiger charge is -2.22. The summed E-state index contributed by atoms with van der Waals surface area (Å²) in [5.41, 5.74) is 2.50. The molecule has 0 bridgehead atoms. The SMILES string of the molecule is Cc1ccc2c(cc(C(=O)N[C@H](CO)c3ccc(C(C)(C)C(=O)O)cc3)n2C)c1Cl. The number of benzene rings is 2. The summed E-state index contributed by atoms with van der Waals surface area (Å²) in [4.78, 5) is 24.4. The van der Waals surface area contributed by atoms with Gasteiger partial charge in [0.05, 0.1) is 23.1 Å². The smallest absolute Gasteiger partial charge is 0.313 e. The van der Waals surface area contributed by atoms with Gasteiger partial charge in [0.1, 0.15) is 5.69 Å². The third kappa shape index (κ3) is 3.80. The molecule has 158 valence electrons. The van der Waals surface area contributed by atoms with Gasteiger partial charge in [0.25, 0.3) is 5.91 Å². The fraction of sp³-hybridized carbons (Fsp3) is 0.304. The number of carboxylic acids is 1. The number of halogens is 1. The molecule has 0 aliphatic heterocycles. The number of aliphatic hydroxyl groups excluding tert-OH is 1. The second kappa shape index (κ2) is 8.13. The molecule has 3 rings (SSSR count). The minimum atomic E-state index is -1.03. The van der Waals surface area contributed by atoms with Gasteiger partial charge >= 0.3 is 5.97 Å². The molecule has 1 heterocycles. The van der Waals surface area contributed by atoms with Crippen molar-refractivity contribution in [1.82, 2.24) is 9.88 Å². The Morgan fingerprint density at radius 2 is 1.80 bits per heavy atom.